The monoisotopic (exact) mass is 270 g/mol. The Kier molecular flexibility index (Phi) is 21.9. The van der Waals surface area contributed by atoms with E-state index in [9.17, 15) is 0 Å². The van der Waals surface area contributed by atoms with Crippen LogP contribution in [0.5, 0.6) is 0 Å². The summed E-state index contributed by atoms with van der Waals surface area (Å²) in [6.07, 6.45) is 20.8. The van der Waals surface area contributed by atoms with E-state index < -0.39 is 0 Å². The Hall–Kier alpha value is 0.454. The van der Waals surface area contributed by atoms with Crippen LogP contribution in [0.1, 0.15) is 77.0 Å². The van der Waals surface area contributed by atoms with Crippen LogP contribution in [0.4, 0.5) is 0 Å². The molecule has 0 aromatic rings. The summed E-state index contributed by atoms with van der Waals surface area (Å²) < 4.78 is 0. The van der Waals surface area contributed by atoms with Gasteiger partial charge in [-0.15, -0.1) is 12.7 Å². The molecule has 2 aliphatic rings. The molecule has 0 radical (unpaired) electrons. The topological polar surface area (TPSA) is 0 Å². The van der Waals surface area contributed by atoms with Crippen molar-refractivity contribution in [3.8, 4) is 0 Å². The molecule has 0 bridgehead atoms. The minimum atomic E-state index is 0. The van der Waals surface area contributed by atoms with Crippen LogP contribution in [-0.2, 0) is 21.7 Å². The molecule has 0 nitrogen and oxygen atoms in total. The van der Waals surface area contributed by atoms with E-state index in [0.29, 0.717) is 0 Å². The first-order valence-electron chi connectivity index (χ1n) is 7.13. The van der Waals surface area contributed by atoms with E-state index in [-0.39, 0.29) is 21.7 Å². The maximum Gasteiger partial charge on any atom is 4.00 e. The van der Waals surface area contributed by atoms with Crippen molar-refractivity contribution in [3.63, 3.8) is 0 Å². The van der Waals surface area contributed by atoms with Crippen molar-refractivity contribution in [2.24, 2.45) is 0 Å². The second kappa shape index (κ2) is 18.8. The SMILES string of the molecule is C1CCCC1.C1CCCC1.C=CC[CH-]C[CH2-].[Ti+4]. The molecule has 2 aliphatic carbocycles. The molecule has 2 rings (SSSR count). The van der Waals surface area contributed by atoms with Crippen LogP contribution in [0.2, 0.25) is 0 Å². The van der Waals surface area contributed by atoms with Gasteiger partial charge in [0.2, 0.25) is 0 Å². The van der Waals surface area contributed by atoms with Crippen molar-refractivity contribution >= 4 is 0 Å². The molecule has 0 aromatic heterocycles. The van der Waals surface area contributed by atoms with Crippen molar-refractivity contribution in [3.05, 3.63) is 26.0 Å². The first kappa shape index (κ1) is 19.8. The van der Waals surface area contributed by atoms with E-state index in [1.165, 1.54) is 64.2 Å². The van der Waals surface area contributed by atoms with Crippen molar-refractivity contribution in [1.29, 1.82) is 0 Å². The maximum atomic E-state index is 3.62. The Labute approximate surface area is 125 Å². The minimum Gasteiger partial charge on any atom is -0.372 e. The van der Waals surface area contributed by atoms with Gasteiger partial charge in [0.15, 0.2) is 0 Å². The Morgan fingerprint density at radius 3 is 1.24 bits per heavy atom. The molecule has 0 saturated heterocycles. The van der Waals surface area contributed by atoms with Gasteiger partial charge in [0, 0.05) is 0 Å². The van der Waals surface area contributed by atoms with E-state index >= 15 is 0 Å². The van der Waals surface area contributed by atoms with Gasteiger partial charge in [-0.25, -0.2) is 0 Å². The predicted octanol–water partition coefficient (Wildman–Crippen LogP) is 5.89. The second-order valence-electron chi connectivity index (χ2n) is 4.64. The van der Waals surface area contributed by atoms with Gasteiger partial charge in [0.1, 0.15) is 0 Å². The van der Waals surface area contributed by atoms with Gasteiger partial charge in [0.05, 0.1) is 0 Å². The zero-order chi connectivity index (χ0) is 11.9. The average Bonchev–Trinajstić information content (AvgIpc) is 3.00. The molecule has 0 aromatic carbocycles. The van der Waals surface area contributed by atoms with E-state index in [2.05, 4.69) is 19.9 Å². The van der Waals surface area contributed by atoms with Gasteiger partial charge >= 0.3 is 21.7 Å². The first-order chi connectivity index (χ1) is 7.91. The largest absolute Gasteiger partial charge is 4.00 e. The molecule has 17 heavy (non-hydrogen) atoms. The first-order valence-corrected chi connectivity index (χ1v) is 7.13. The zero-order valence-electron chi connectivity index (χ0n) is 11.6. The molecule has 0 atom stereocenters. The summed E-state index contributed by atoms with van der Waals surface area (Å²) in [7, 11) is 0. The molecular formula is C16H30Ti+2. The average molecular weight is 270 g/mol. The normalized spacial score (nSPS) is 17.0. The molecule has 96 valence electrons. The third-order valence-corrected chi connectivity index (χ3v) is 3.04. The van der Waals surface area contributed by atoms with Crippen LogP contribution in [-0.4, -0.2) is 0 Å². The van der Waals surface area contributed by atoms with E-state index in [4.69, 9.17) is 0 Å². The van der Waals surface area contributed by atoms with Gasteiger partial charge < -0.3 is 19.8 Å². The summed E-state index contributed by atoms with van der Waals surface area (Å²) in [5.41, 5.74) is 0. The van der Waals surface area contributed by atoms with Crippen molar-refractivity contribution in [2.45, 2.75) is 77.0 Å². The fourth-order valence-corrected chi connectivity index (χ4v) is 2.00. The zero-order valence-corrected chi connectivity index (χ0v) is 13.1. The number of allylic oxidation sites excluding steroid dienone is 1. The Morgan fingerprint density at radius 1 is 0.824 bits per heavy atom. The van der Waals surface area contributed by atoms with Crippen LogP contribution in [0.15, 0.2) is 12.7 Å². The molecule has 1 heteroatoms. The second-order valence-corrected chi connectivity index (χ2v) is 4.64. The van der Waals surface area contributed by atoms with Crippen LogP contribution >= 0.6 is 0 Å². The molecular weight excluding hydrogens is 240 g/mol. The predicted molar refractivity (Wildman–Crippen MR) is 75.3 cm³/mol. The molecule has 0 spiro atoms. The summed E-state index contributed by atoms with van der Waals surface area (Å²) in [6.45, 7) is 7.16. The fraction of sp³-hybridized carbons (Fsp3) is 0.750. The Balaban J connectivity index is 0. The standard InChI is InChI=1S/C6H10.2C5H10.Ti/c1-3-5-6-4-2;2*1-2-4-5-3-1;/h3,6H,1-2,4-5H2;2*1-5H2;/q-2;;;+4. The van der Waals surface area contributed by atoms with E-state index in [0.717, 1.165) is 12.8 Å². The van der Waals surface area contributed by atoms with Gasteiger partial charge in [-0.1, -0.05) is 64.2 Å². The van der Waals surface area contributed by atoms with Gasteiger partial charge in [0.25, 0.3) is 0 Å². The number of rotatable bonds is 3. The Morgan fingerprint density at radius 2 is 1.12 bits per heavy atom. The molecule has 2 fully saturated rings. The molecule has 0 amide bonds. The number of unbranched alkanes of at least 4 members (excludes halogenated alkanes) is 2. The molecule has 0 unspecified atom stereocenters. The van der Waals surface area contributed by atoms with E-state index in [1.807, 2.05) is 6.08 Å². The molecule has 0 N–H and O–H groups in total. The summed E-state index contributed by atoms with van der Waals surface area (Å²) in [6, 6.07) is 0. The van der Waals surface area contributed by atoms with Crippen LogP contribution in [0, 0.1) is 13.3 Å². The van der Waals surface area contributed by atoms with Crippen molar-refractivity contribution < 1.29 is 21.7 Å². The number of hydrogen-bond donors (Lipinski definition) is 0. The third-order valence-electron chi connectivity index (χ3n) is 3.04. The summed E-state index contributed by atoms with van der Waals surface area (Å²) in [4.78, 5) is 0. The summed E-state index contributed by atoms with van der Waals surface area (Å²) >= 11 is 0. The number of hydrogen-bond acceptors (Lipinski definition) is 0. The quantitative estimate of drug-likeness (QED) is 0.259. The Bertz CT molecular complexity index is 98.3. The molecule has 2 saturated carbocycles. The molecule has 0 aliphatic heterocycles. The molecule has 0 heterocycles. The van der Waals surface area contributed by atoms with Crippen LogP contribution < -0.4 is 0 Å². The van der Waals surface area contributed by atoms with Crippen molar-refractivity contribution in [2.75, 3.05) is 0 Å². The minimum absolute atomic E-state index is 0. The summed E-state index contributed by atoms with van der Waals surface area (Å²) in [5.74, 6) is 0. The van der Waals surface area contributed by atoms with Gasteiger partial charge in [-0.2, -0.15) is 6.42 Å². The van der Waals surface area contributed by atoms with Gasteiger partial charge in [-0.05, 0) is 0 Å². The van der Waals surface area contributed by atoms with Crippen LogP contribution in [0.25, 0.3) is 0 Å². The fourth-order valence-electron chi connectivity index (χ4n) is 2.00. The van der Waals surface area contributed by atoms with Crippen LogP contribution in [0.3, 0.4) is 0 Å². The third kappa shape index (κ3) is 19.0. The van der Waals surface area contributed by atoms with E-state index in [1.54, 1.807) is 0 Å². The van der Waals surface area contributed by atoms with Crippen molar-refractivity contribution in [1.82, 2.24) is 0 Å². The smallest absolute Gasteiger partial charge is 0.372 e. The maximum absolute atomic E-state index is 3.62. The van der Waals surface area contributed by atoms with Gasteiger partial charge in [-0.3, -0.25) is 0 Å². The summed E-state index contributed by atoms with van der Waals surface area (Å²) in [5, 5.41) is 0.